The molecule has 7 heteroatoms. The van der Waals surface area contributed by atoms with Crippen LogP contribution in [0.25, 0.3) is 11.1 Å². The highest BCUT2D eigenvalue weighted by Crippen LogP contribution is 2.35. The molecule has 0 aliphatic carbocycles. The molecule has 0 atom stereocenters. The zero-order valence-electron chi connectivity index (χ0n) is 17.3. The second-order valence-corrected chi connectivity index (χ2v) is 6.37. The number of benzene rings is 3. The minimum atomic E-state index is -0.342. The maximum atomic E-state index is 12.9. The molecule has 0 fully saturated rings. The first-order valence-corrected chi connectivity index (χ1v) is 9.16. The average molecular weight is 408 g/mol. The number of hydrogen-bond acceptors (Lipinski definition) is 6. The van der Waals surface area contributed by atoms with Gasteiger partial charge in [0.15, 0.2) is 11.5 Å². The molecule has 0 unspecified atom stereocenters. The molecule has 0 aliphatic heterocycles. The Morgan fingerprint density at radius 1 is 0.767 bits per heavy atom. The van der Waals surface area contributed by atoms with Crippen molar-refractivity contribution in [3.8, 4) is 34.1 Å². The minimum Gasteiger partial charge on any atom is -0.495 e. The lowest BCUT2D eigenvalue weighted by atomic mass is 10.0. The Kier molecular flexibility index (Phi) is 6.32. The predicted octanol–water partition coefficient (Wildman–Crippen LogP) is 4.22. The van der Waals surface area contributed by atoms with Gasteiger partial charge >= 0.3 is 0 Å². The molecule has 0 spiro atoms. The molecule has 0 saturated heterocycles. The fraction of sp³-hybridized carbons (Fsp3) is 0.174. The van der Waals surface area contributed by atoms with E-state index < -0.39 is 0 Å². The van der Waals surface area contributed by atoms with Gasteiger partial charge in [0, 0.05) is 0 Å². The number of hydrogen-bond donors (Lipinski definition) is 2. The van der Waals surface area contributed by atoms with Gasteiger partial charge in [-0.2, -0.15) is 0 Å². The van der Waals surface area contributed by atoms with Gasteiger partial charge in [-0.3, -0.25) is 4.79 Å². The lowest BCUT2D eigenvalue weighted by molar-refractivity contribution is 0.102. The number of carbonyl (C=O) groups excluding carboxylic acids is 1. The Morgan fingerprint density at radius 2 is 1.40 bits per heavy atom. The topological polar surface area (TPSA) is 92.0 Å². The number of methoxy groups -OCH3 is 4. The maximum Gasteiger partial charge on any atom is 0.259 e. The molecule has 1 amide bonds. The molecule has 0 aromatic heterocycles. The van der Waals surface area contributed by atoms with Gasteiger partial charge in [0.25, 0.3) is 5.91 Å². The van der Waals surface area contributed by atoms with Crippen LogP contribution in [0.2, 0.25) is 0 Å². The molecule has 0 saturated carbocycles. The van der Waals surface area contributed by atoms with E-state index in [1.807, 2.05) is 24.3 Å². The van der Waals surface area contributed by atoms with E-state index >= 15 is 0 Å². The maximum absolute atomic E-state index is 12.9. The van der Waals surface area contributed by atoms with Crippen molar-refractivity contribution in [1.29, 1.82) is 0 Å². The summed E-state index contributed by atoms with van der Waals surface area (Å²) in [5, 5.41) is 2.87. The number of nitrogen functional groups attached to an aromatic ring is 1. The van der Waals surface area contributed by atoms with Gasteiger partial charge in [-0.25, -0.2) is 0 Å². The molecule has 30 heavy (non-hydrogen) atoms. The summed E-state index contributed by atoms with van der Waals surface area (Å²) in [7, 11) is 6.13. The summed E-state index contributed by atoms with van der Waals surface area (Å²) in [5.74, 6) is 1.60. The number of anilines is 2. The van der Waals surface area contributed by atoms with Gasteiger partial charge in [0.1, 0.15) is 11.5 Å². The van der Waals surface area contributed by atoms with Gasteiger partial charge in [-0.1, -0.05) is 18.2 Å². The Morgan fingerprint density at radius 3 is 2.03 bits per heavy atom. The summed E-state index contributed by atoms with van der Waals surface area (Å²) in [6, 6.07) is 16.1. The van der Waals surface area contributed by atoms with Crippen LogP contribution in [0.1, 0.15) is 10.4 Å². The van der Waals surface area contributed by atoms with Crippen molar-refractivity contribution < 1.29 is 23.7 Å². The van der Waals surface area contributed by atoms with Gasteiger partial charge < -0.3 is 30.0 Å². The molecule has 0 bridgehead atoms. The monoisotopic (exact) mass is 408 g/mol. The zero-order chi connectivity index (χ0) is 21.7. The molecule has 3 rings (SSSR count). The van der Waals surface area contributed by atoms with Gasteiger partial charge in [-0.05, 0) is 47.5 Å². The molecule has 0 aliphatic rings. The highest BCUT2D eigenvalue weighted by atomic mass is 16.5. The first-order valence-electron chi connectivity index (χ1n) is 9.16. The Balaban J connectivity index is 1.92. The molecule has 3 aromatic carbocycles. The second-order valence-electron chi connectivity index (χ2n) is 6.37. The van der Waals surface area contributed by atoms with E-state index in [0.717, 1.165) is 11.1 Å². The van der Waals surface area contributed by atoms with Crippen molar-refractivity contribution in [2.24, 2.45) is 0 Å². The number of nitrogens with two attached hydrogens (primary N) is 1. The van der Waals surface area contributed by atoms with E-state index in [-0.39, 0.29) is 5.91 Å². The van der Waals surface area contributed by atoms with Gasteiger partial charge in [0.05, 0.1) is 45.4 Å². The Bertz CT molecular complexity index is 1070. The van der Waals surface area contributed by atoms with Crippen molar-refractivity contribution in [3.63, 3.8) is 0 Å². The van der Waals surface area contributed by atoms with Crippen molar-refractivity contribution in [2.75, 3.05) is 39.5 Å². The van der Waals surface area contributed by atoms with Crippen molar-refractivity contribution in [2.45, 2.75) is 0 Å². The third-order valence-corrected chi connectivity index (χ3v) is 4.66. The molecule has 156 valence electrons. The van der Waals surface area contributed by atoms with Crippen LogP contribution in [0.3, 0.4) is 0 Å². The van der Waals surface area contributed by atoms with Crippen molar-refractivity contribution in [1.82, 2.24) is 0 Å². The quantitative estimate of drug-likeness (QED) is 0.569. The first kappa shape index (κ1) is 20.9. The normalized spacial score (nSPS) is 10.3. The summed E-state index contributed by atoms with van der Waals surface area (Å²) in [6.45, 7) is 0. The highest BCUT2D eigenvalue weighted by molar-refractivity contribution is 6.07. The number of para-hydroxylation sites is 1. The summed E-state index contributed by atoms with van der Waals surface area (Å²) < 4.78 is 21.4. The predicted molar refractivity (Wildman–Crippen MR) is 117 cm³/mol. The van der Waals surface area contributed by atoms with E-state index in [2.05, 4.69) is 5.32 Å². The SMILES string of the molecule is COc1cc(-c2ccc(NC(=O)c3cccc(OC)c3OC)c(OC)c2)ccc1N. The largest absolute Gasteiger partial charge is 0.495 e. The molecule has 0 radical (unpaired) electrons. The van der Waals surface area contributed by atoms with Crippen molar-refractivity contribution >= 4 is 17.3 Å². The minimum absolute atomic E-state index is 0.342. The smallest absolute Gasteiger partial charge is 0.259 e. The standard InChI is InChI=1S/C23H24N2O5/c1-27-19-7-5-6-16(22(19)30-4)23(26)25-18-11-9-15(13-21(18)29-3)14-8-10-17(24)20(12-14)28-2/h5-13H,24H2,1-4H3,(H,25,26). The van der Waals surface area contributed by atoms with Crippen LogP contribution in [0.4, 0.5) is 11.4 Å². The molecular weight excluding hydrogens is 384 g/mol. The Hall–Kier alpha value is -3.87. The molecule has 3 aromatic rings. The van der Waals surface area contributed by atoms with Crippen LogP contribution in [-0.2, 0) is 0 Å². The van der Waals surface area contributed by atoms with Crippen LogP contribution in [0.15, 0.2) is 54.6 Å². The fourth-order valence-corrected chi connectivity index (χ4v) is 3.12. The average Bonchev–Trinajstić information content (AvgIpc) is 2.78. The van der Waals surface area contributed by atoms with Crippen LogP contribution in [0.5, 0.6) is 23.0 Å². The van der Waals surface area contributed by atoms with Gasteiger partial charge in [0.2, 0.25) is 0 Å². The number of amides is 1. The summed E-state index contributed by atoms with van der Waals surface area (Å²) in [5.41, 5.74) is 9.14. The number of carbonyl (C=O) groups is 1. The van der Waals surface area contributed by atoms with Crippen LogP contribution < -0.4 is 30.0 Å². The molecular formula is C23H24N2O5. The summed E-state index contributed by atoms with van der Waals surface area (Å²) >= 11 is 0. The third-order valence-electron chi connectivity index (χ3n) is 4.66. The van der Waals surface area contributed by atoms with Gasteiger partial charge in [-0.15, -0.1) is 0 Å². The van der Waals surface area contributed by atoms with Crippen molar-refractivity contribution in [3.05, 3.63) is 60.2 Å². The summed E-state index contributed by atoms with van der Waals surface area (Å²) in [4.78, 5) is 12.9. The van der Waals surface area contributed by atoms with E-state index in [1.54, 1.807) is 44.6 Å². The lowest BCUT2D eigenvalue weighted by Crippen LogP contribution is -2.14. The summed E-state index contributed by atoms with van der Waals surface area (Å²) in [6.07, 6.45) is 0. The van der Waals surface area contributed by atoms with E-state index in [9.17, 15) is 4.79 Å². The highest BCUT2D eigenvalue weighted by Gasteiger charge is 2.18. The zero-order valence-corrected chi connectivity index (χ0v) is 17.3. The second kappa shape index (κ2) is 9.09. The first-order chi connectivity index (χ1) is 14.5. The Labute approximate surface area is 175 Å². The van der Waals surface area contributed by atoms with Crippen LogP contribution in [0, 0.1) is 0 Å². The van der Waals surface area contributed by atoms with E-state index in [4.69, 9.17) is 24.7 Å². The number of ether oxygens (including phenoxy) is 4. The van der Waals surface area contributed by atoms with Crippen LogP contribution in [-0.4, -0.2) is 34.3 Å². The van der Waals surface area contributed by atoms with Crippen LogP contribution >= 0.6 is 0 Å². The third kappa shape index (κ3) is 4.10. The molecule has 0 heterocycles. The lowest BCUT2D eigenvalue weighted by Gasteiger charge is -2.15. The molecule has 7 nitrogen and oxygen atoms in total. The van der Waals surface area contributed by atoms with E-state index in [1.165, 1.54) is 14.2 Å². The number of nitrogens with one attached hydrogen (secondary N) is 1. The number of rotatable bonds is 7. The van der Waals surface area contributed by atoms with E-state index in [0.29, 0.717) is 39.9 Å². The molecule has 3 N–H and O–H groups in total. The fourth-order valence-electron chi connectivity index (χ4n) is 3.12.